The molecule has 2 atom stereocenters. The Balaban J connectivity index is 2.30. The zero-order valence-electron chi connectivity index (χ0n) is 12.7. The molecule has 1 aromatic carbocycles. The highest BCUT2D eigenvalue weighted by Crippen LogP contribution is 2.26. The number of hydrogen-bond donors (Lipinski definition) is 0. The van der Waals surface area contributed by atoms with Gasteiger partial charge in [-0.1, -0.05) is 13.0 Å². The maximum absolute atomic E-state index is 12.8. The van der Waals surface area contributed by atoms with Crippen molar-refractivity contribution in [2.45, 2.75) is 37.1 Å². The van der Waals surface area contributed by atoms with Crippen molar-refractivity contribution in [3.05, 3.63) is 29.3 Å². The Morgan fingerprint density at radius 3 is 2.76 bits per heavy atom. The quantitative estimate of drug-likeness (QED) is 0.797. The Bertz CT molecular complexity index is 603. The monoisotopic (exact) mass is 331 g/mol. The Morgan fingerprint density at radius 2 is 2.14 bits per heavy atom. The molecule has 21 heavy (non-hydrogen) atoms. The lowest BCUT2D eigenvalue weighted by atomic mass is 9.97. The van der Waals surface area contributed by atoms with Gasteiger partial charge in [0.1, 0.15) is 0 Å². The number of aryl methyl sites for hydroxylation is 1. The first-order valence-corrected chi connectivity index (χ1v) is 9.06. The summed E-state index contributed by atoms with van der Waals surface area (Å²) in [6.45, 7) is 4.96. The summed E-state index contributed by atoms with van der Waals surface area (Å²) < 4.78 is 32.4. The number of rotatable bonds is 4. The summed E-state index contributed by atoms with van der Waals surface area (Å²) in [6, 6.07) is 5.14. The molecule has 0 radical (unpaired) electrons. The largest absolute Gasteiger partial charge is 0.380 e. The Hall–Kier alpha value is -0.620. The molecule has 4 nitrogen and oxygen atoms in total. The molecule has 6 heteroatoms. The summed E-state index contributed by atoms with van der Waals surface area (Å²) in [5.74, 6) is 0.685. The summed E-state index contributed by atoms with van der Waals surface area (Å²) in [4.78, 5) is 0.313. The van der Waals surface area contributed by atoms with Gasteiger partial charge in [0.2, 0.25) is 10.0 Å². The van der Waals surface area contributed by atoms with Crippen molar-refractivity contribution in [3.8, 4) is 0 Å². The van der Waals surface area contributed by atoms with Crippen LogP contribution in [-0.2, 0) is 20.6 Å². The van der Waals surface area contributed by atoms with E-state index in [1.165, 1.54) is 4.31 Å². The third kappa shape index (κ3) is 3.42. The van der Waals surface area contributed by atoms with Crippen molar-refractivity contribution in [1.29, 1.82) is 0 Å². The summed E-state index contributed by atoms with van der Waals surface area (Å²) in [5, 5.41) is 0. The third-order valence-corrected chi connectivity index (χ3v) is 6.41. The van der Waals surface area contributed by atoms with Crippen LogP contribution in [0, 0.1) is 12.8 Å². The average molecular weight is 332 g/mol. The second-order valence-corrected chi connectivity index (χ2v) is 7.83. The fourth-order valence-corrected chi connectivity index (χ4v) is 4.44. The molecular weight excluding hydrogens is 310 g/mol. The third-order valence-electron chi connectivity index (χ3n) is 4.26. The minimum absolute atomic E-state index is 0.0496. The summed E-state index contributed by atoms with van der Waals surface area (Å²) in [7, 11) is -1.85. The van der Waals surface area contributed by atoms with E-state index in [1.807, 2.05) is 13.0 Å². The van der Waals surface area contributed by atoms with Crippen LogP contribution >= 0.6 is 11.6 Å². The number of benzene rings is 1. The second kappa shape index (κ2) is 6.65. The van der Waals surface area contributed by atoms with E-state index in [9.17, 15) is 8.42 Å². The molecule has 0 aliphatic carbocycles. The molecule has 0 saturated carbocycles. The van der Waals surface area contributed by atoms with E-state index in [0.717, 1.165) is 17.5 Å². The molecule has 2 unspecified atom stereocenters. The van der Waals surface area contributed by atoms with Crippen LogP contribution < -0.4 is 0 Å². The molecule has 1 aromatic rings. The SMILES string of the molecule is COC1CN(S(=O)(=O)c2ccc(C)c(CCl)c2)CCC1C. The average Bonchev–Trinajstić information content (AvgIpc) is 2.47. The number of hydrogen-bond acceptors (Lipinski definition) is 3. The maximum Gasteiger partial charge on any atom is 0.243 e. The molecule has 118 valence electrons. The van der Waals surface area contributed by atoms with E-state index in [2.05, 4.69) is 6.92 Å². The first-order valence-electron chi connectivity index (χ1n) is 7.08. The van der Waals surface area contributed by atoms with Crippen LogP contribution in [0.3, 0.4) is 0 Å². The zero-order chi connectivity index (χ0) is 15.6. The Kier molecular flexibility index (Phi) is 5.30. The van der Waals surface area contributed by atoms with Crippen molar-refractivity contribution >= 4 is 21.6 Å². The number of halogens is 1. The Labute approximate surface area is 132 Å². The predicted octanol–water partition coefficient (Wildman–Crippen LogP) is 2.78. The fraction of sp³-hybridized carbons (Fsp3) is 0.600. The lowest BCUT2D eigenvalue weighted by Crippen LogP contribution is -2.46. The van der Waals surface area contributed by atoms with Crippen molar-refractivity contribution < 1.29 is 13.2 Å². The summed E-state index contributed by atoms with van der Waals surface area (Å²) >= 11 is 5.88. The Morgan fingerprint density at radius 1 is 1.43 bits per heavy atom. The van der Waals surface area contributed by atoms with E-state index in [4.69, 9.17) is 16.3 Å². The highest BCUT2D eigenvalue weighted by atomic mass is 35.5. The van der Waals surface area contributed by atoms with Gasteiger partial charge in [0.05, 0.1) is 11.0 Å². The number of alkyl halides is 1. The molecule has 1 aliphatic rings. The van der Waals surface area contributed by atoms with Gasteiger partial charge in [0, 0.05) is 26.1 Å². The van der Waals surface area contributed by atoms with Crippen molar-refractivity contribution in [2.24, 2.45) is 5.92 Å². The number of piperidine rings is 1. The standard InChI is InChI=1S/C15H22ClNO3S/c1-11-4-5-14(8-13(11)9-16)21(18,19)17-7-6-12(2)15(10-17)20-3/h4-5,8,12,15H,6-7,9-10H2,1-3H3. The lowest BCUT2D eigenvalue weighted by Gasteiger charge is -2.35. The molecule has 0 N–H and O–H groups in total. The summed E-state index contributed by atoms with van der Waals surface area (Å²) in [5.41, 5.74) is 1.86. The van der Waals surface area contributed by atoms with E-state index < -0.39 is 10.0 Å². The van der Waals surface area contributed by atoms with Gasteiger partial charge >= 0.3 is 0 Å². The molecule has 1 aliphatic heterocycles. The maximum atomic E-state index is 12.8. The van der Waals surface area contributed by atoms with Crippen LogP contribution in [0.1, 0.15) is 24.5 Å². The lowest BCUT2D eigenvalue weighted by molar-refractivity contribution is 0.0184. The van der Waals surface area contributed by atoms with Crippen LogP contribution in [0.25, 0.3) is 0 Å². The molecule has 0 aromatic heterocycles. The number of sulfonamides is 1. The summed E-state index contributed by atoms with van der Waals surface area (Å²) in [6.07, 6.45) is 0.762. The first kappa shape index (κ1) is 16.7. The molecule has 0 spiro atoms. The molecule has 0 amide bonds. The molecule has 1 fully saturated rings. The topological polar surface area (TPSA) is 46.6 Å². The number of ether oxygens (including phenoxy) is 1. The van der Waals surface area contributed by atoms with Crippen molar-refractivity contribution in [1.82, 2.24) is 4.31 Å². The van der Waals surface area contributed by atoms with Gasteiger partial charge in [-0.05, 0) is 42.5 Å². The smallest absolute Gasteiger partial charge is 0.243 e. The van der Waals surface area contributed by atoms with Crippen LogP contribution in [0.4, 0.5) is 0 Å². The fourth-order valence-electron chi connectivity index (χ4n) is 2.63. The normalized spacial score (nSPS) is 24.2. The van der Waals surface area contributed by atoms with Crippen LogP contribution in [0.15, 0.2) is 23.1 Å². The van der Waals surface area contributed by atoms with Crippen molar-refractivity contribution in [2.75, 3.05) is 20.2 Å². The van der Waals surface area contributed by atoms with E-state index >= 15 is 0 Å². The van der Waals surface area contributed by atoms with Gasteiger partial charge in [-0.2, -0.15) is 4.31 Å². The van der Waals surface area contributed by atoms with Crippen molar-refractivity contribution in [3.63, 3.8) is 0 Å². The highest BCUT2D eigenvalue weighted by Gasteiger charge is 2.33. The molecule has 0 bridgehead atoms. The molecule has 1 heterocycles. The zero-order valence-corrected chi connectivity index (χ0v) is 14.2. The number of nitrogens with zero attached hydrogens (tertiary/aromatic N) is 1. The van der Waals surface area contributed by atoms with Crippen LogP contribution in [0.2, 0.25) is 0 Å². The van der Waals surface area contributed by atoms with Gasteiger partial charge in [0.15, 0.2) is 0 Å². The van der Waals surface area contributed by atoms with Gasteiger partial charge < -0.3 is 4.74 Å². The van der Waals surface area contributed by atoms with Gasteiger partial charge in [-0.25, -0.2) is 8.42 Å². The van der Waals surface area contributed by atoms with Gasteiger partial charge in [-0.15, -0.1) is 11.6 Å². The van der Waals surface area contributed by atoms with Crippen LogP contribution in [0.5, 0.6) is 0 Å². The van der Waals surface area contributed by atoms with Gasteiger partial charge in [-0.3, -0.25) is 0 Å². The van der Waals surface area contributed by atoms with E-state index in [0.29, 0.717) is 29.8 Å². The predicted molar refractivity (Wildman–Crippen MR) is 84.1 cm³/mol. The van der Waals surface area contributed by atoms with E-state index in [1.54, 1.807) is 19.2 Å². The van der Waals surface area contributed by atoms with E-state index in [-0.39, 0.29) is 6.10 Å². The molecule has 1 saturated heterocycles. The second-order valence-electron chi connectivity index (χ2n) is 5.63. The van der Waals surface area contributed by atoms with Crippen LogP contribution in [-0.4, -0.2) is 39.0 Å². The minimum atomic E-state index is -3.48. The minimum Gasteiger partial charge on any atom is -0.380 e. The molecular formula is C15H22ClNO3S. The van der Waals surface area contributed by atoms with Gasteiger partial charge in [0.25, 0.3) is 0 Å². The first-order chi connectivity index (χ1) is 9.90. The number of methoxy groups -OCH3 is 1. The highest BCUT2D eigenvalue weighted by molar-refractivity contribution is 7.89. The molecule has 2 rings (SSSR count).